The van der Waals surface area contributed by atoms with Crippen molar-refractivity contribution in [3.05, 3.63) is 109 Å². The van der Waals surface area contributed by atoms with Gasteiger partial charge in [0.15, 0.2) is 0 Å². The van der Waals surface area contributed by atoms with E-state index in [2.05, 4.69) is 69.0 Å². The Labute approximate surface area is 179 Å². The first-order chi connectivity index (χ1) is 15.4. The van der Waals surface area contributed by atoms with E-state index < -0.39 is 0 Å². The molecule has 0 fully saturated rings. The molecule has 4 nitrogen and oxygen atoms in total. The quantitative estimate of drug-likeness (QED) is 0.352. The van der Waals surface area contributed by atoms with Gasteiger partial charge in [-0.25, -0.2) is 9.97 Å². The first-order valence-electron chi connectivity index (χ1n) is 10.2. The molecule has 0 saturated heterocycles. The van der Waals surface area contributed by atoms with Crippen molar-refractivity contribution in [3.63, 3.8) is 0 Å². The Morgan fingerprint density at radius 1 is 0.548 bits per heavy atom. The Morgan fingerprint density at radius 2 is 1.32 bits per heavy atom. The Hall–Kier alpha value is -4.31. The average Bonchev–Trinajstić information content (AvgIpc) is 3.25. The maximum Gasteiger partial charge on any atom is 0.146 e. The van der Waals surface area contributed by atoms with Gasteiger partial charge in [0, 0.05) is 34.5 Å². The van der Waals surface area contributed by atoms with Gasteiger partial charge >= 0.3 is 0 Å². The van der Waals surface area contributed by atoms with Gasteiger partial charge in [0.1, 0.15) is 11.5 Å². The molecule has 0 spiro atoms. The van der Waals surface area contributed by atoms with Gasteiger partial charge in [-0.1, -0.05) is 60.7 Å². The Bertz CT molecular complexity index is 1500. The predicted octanol–water partition coefficient (Wildman–Crippen LogP) is 6.28. The number of hydrogen-bond acceptors (Lipinski definition) is 3. The molecule has 0 atom stereocenters. The van der Waals surface area contributed by atoms with Crippen molar-refractivity contribution in [2.45, 2.75) is 0 Å². The van der Waals surface area contributed by atoms with Gasteiger partial charge in [0.25, 0.3) is 0 Å². The molecule has 0 amide bonds. The fraction of sp³-hybridized carbons (Fsp3) is 0. The molecule has 4 heterocycles. The van der Waals surface area contributed by atoms with Crippen molar-refractivity contribution < 1.29 is 0 Å². The van der Waals surface area contributed by atoms with Gasteiger partial charge in [-0.15, -0.1) is 0 Å². The molecule has 0 bridgehead atoms. The highest BCUT2D eigenvalue weighted by Gasteiger charge is 2.17. The Balaban J connectivity index is 1.60. The molecule has 0 aliphatic rings. The molecule has 0 unspecified atom stereocenters. The number of fused-ring (bicyclic) bond motifs is 3. The molecular weight excluding hydrogens is 380 g/mol. The van der Waals surface area contributed by atoms with E-state index in [1.165, 1.54) is 0 Å². The van der Waals surface area contributed by atoms with Crippen molar-refractivity contribution in [3.8, 4) is 33.9 Å². The fourth-order valence-electron chi connectivity index (χ4n) is 4.02. The molecule has 4 heteroatoms. The molecule has 2 aromatic carbocycles. The fourth-order valence-corrected chi connectivity index (χ4v) is 4.02. The number of pyridine rings is 3. The monoisotopic (exact) mass is 398 g/mol. The van der Waals surface area contributed by atoms with E-state index in [-0.39, 0.29) is 0 Å². The van der Waals surface area contributed by atoms with Crippen LogP contribution >= 0.6 is 0 Å². The average molecular weight is 398 g/mol. The minimum absolute atomic E-state index is 0.880. The van der Waals surface area contributed by atoms with Crippen LogP contribution in [0.15, 0.2) is 109 Å². The topological polar surface area (TPSA) is 43.1 Å². The molecule has 0 aliphatic heterocycles. The largest absolute Gasteiger partial charge is 0.276 e. The molecule has 146 valence electrons. The zero-order valence-corrected chi connectivity index (χ0v) is 16.7. The number of nitrogens with zero attached hydrogens (tertiary/aromatic N) is 4. The van der Waals surface area contributed by atoms with E-state index >= 15 is 0 Å². The van der Waals surface area contributed by atoms with Crippen LogP contribution in [-0.4, -0.2) is 19.4 Å². The summed E-state index contributed by atoms with van der Waals surface area (Å²) < 4.78 is 2.16. The number of benzene rings is 2. The van der Waals surface area contributed by atoms with Gasteiger partial charge in [-0.05, 0) is 36.4 Å². The minimum Gasteiger partial charge on any atom is -0.276 e. The smallest absolute Gasteiger partial charge is 0.146 e. The summed E-state index contributed by atoms with van der Waals surface area (Å²) in [5.74, 6) is 0.880. The molecule has 6 aromatic rings. The van der Waals surface area contributed by atoms with E-state index in [9.17, 15) is 0 Å². The molecule has 31 heavy (non-hydrogen) atoms. The normalized spacial score (nSPS) is 11.2. The van der Waals surface area contributed by atoms with Crippen molar-refractivity contribution in [2.24, 2.45) is 0 Å². The van der Waals surface area contributed by atoms with Crippen molar-refractivity contribution in [1.82, 2.24) is 19.4 Å². The van der Waals surface area contributed by atoms with Crippen molar-refractivity contribution >= 4 is 16.6 Å². The Kier molecular flexibility index (Phi) is 4.06. The SMILES string of the molecule is c1ccc(-c2nc(-c3ccc(-c4ccccn4)cc3)n3c2ccc2cccnc23)cc1. The number of rotatable bonds is 3. The molecule has 0 N–H and O–H groups in total. The lowest BCUT2D eigenvalue weighted by Gasteiger charge is -2.06. The summed E-state index contributed by atoms with van der Waals surface area (Å²) in [5.41, 5.74) is 7.06. The summed E-state index contributed by atoms with van der Waals surface area (Å²) >= 11 is 0. The van der Waals surface area contributed by atoms with E-state index in [1.54, 1.807) is 0 Å². The van der Waals surface area contributed by atoms with Gasteiger partial charge < -0.3 is 0 Å². The third-order valence-corrected chi connectivity index (χ3v) is 5.51. The lowest BCUT2D eigenvalue weighted by molar-refractivity contribution is 1.17. The number of hydrogen-bond donors (Lipinski definition) is 0. The van der Waals surface area contributed by atoms with Crippen LogP contribution in [0, 0.1) is 0 Å². The Morgan fingerprint density at radius 3 is 2.13 bits per heavy atom. The lowest BCUT2D eigenvalue weighted by atomic mass is 10.1. The molecule has 0 radical (unpaired) electrons. The maximum absolute atomic E-state index is 5.09. The van der Waals surface area contributed by atoms with Crippen LogP contribution in [0.5, 0.6) is 0 Å². The second kappa shape index (κ2) is 7.18. The molecule has 4 aromatic heterocycles. The van der Waals surface area contributed by atoms with Gasteiger partial charge in [0.05, 0.1) is 16.9 Å². The minimum atomic E-state index is 0.880. The van der Waals surface area contributed by atoms with Crippen molar-refractivity contribution in [1.29, 1.82) is 0 Å². The van der Waals surface area contributed by atoms with Crippen LogP contribution in [0.4, 0.5) is 0 Å². The van der Waals surface area contributed by atoms with E-state index in [0.29, 0.717) is 0 Å². The second-order valence-electron chi connectivity index (χ2n) is 7.41. The summed E-state index contributed by atoms with van der Waals surface area (Å²) in [6, 6.07) is 32.9. The summed E-state index contributed by atoms with van der Waals surface area (Å²) in [7, 11) is 0. The third kappa shape index (κ3) is 2.97. The molecular formula is C27H18N4. The summed E-state index contributed by atoms with van der Waals surface area (Å²) in [5, 5.41) is 1.08. The van der Waals surface area contributed by atoms with Crippen LogP contribution in [0.3, 0.4) is 0 Å². The van der Waals surface area contributed by atoms with Crippen LogP contribution in [-0.2, 0) is 0 Å². The summed E-state index contributed by atoms with van der Waals surface area (Å²) in [6.45, 7) is 0. The third-order valence-electron chi connectivity index (χ3n) is 5.51. The summed E-state index contributed by atoms with van der Waals surface area (Å²) in [4.78, 5) is 14.2. The van der Waals surface area contributed by atoms with Gasteiger partial charge in [0.2, 0.25) is 0 Å². The second-order valence-corrected chi connectivity index (χ2v) is 7.41. The first-order valence-corrected chi connectivity index (χ1v) is 10.2. The van der Waals surface area contributed by atoms with Crippen LogP contribution < -0.4 is 0 Å². The predicted molar refractivity (Wildman–Crippen MR) is 125 cm³/mol. The van der Waals surface area contributed by atoms with Crippen LogP contribution in [0.25, 0.3) is 50.5 Å². The lowest BCUT2D eigenvalue weighted by Crippen LogP contribution is -1.94. The van der Waals surface area contributed by atoms with E-state index in [1.807, 2.05) is 54.9 Å². The van der Waals surface area contributed by atoms with Crippen LogP contribution in [0.2, 0.25) is 0 Å². The number of aromatic nitrogens is 4. The van der Waals surface area contributed by atoms with E-state index in [0.717, 1.165) is 50.5 Å². The zero-order chi connectivity index (χ0) is 20.6. The van der Waals surface area contributed by atoms with Crippen molar-refractivity contribution in [2.75, 3.05) is 0 Å². The van der Waals surface area contributed by atoms with Gasteiger partial charge in [-0.2, -0.15) is 0 Å². The standard InChI is InChI=1S/C27H18N4/c1-2-7-20(8-3-1)25-24-16-15-21-9-6-18-29-26(21)31(24)27(30-25)22-13-11-19(12-14-22)23-10-4-5-17-28-23/h1-18H. The zero-order valence-electron chi connectivity index (χ0n) is 16.7. The summed E-state index contributed by atoms with van der Waals surface area (Å²) in [6.07, 6.45) is 3.65. The van der Waals surface area contributed by atoms with Gasteiger partial charge in [-0.3, -0.25) is 9.38 Å². The maximum atomic E-state index is 5.09. The highest BCUT2D eigenvalue weighted by molar-refractivity contribution is 5.89. The highest BCUT2D eigenvalue weighted by atomic mass is 15.1. The first kappa shape index (κ1) is 17.5. The highest BCUT2D eigenvalue weighted by Crippen LogP contribution is 2.33. The number of imidazole rings is 1. The molecule has 0 saturated carbocycles. The molecule has 6 rings (SSSR count). The van der Waals surface area contributed by atoms with E-state index in [4.69, 9.17) is 4.98 Å². The molecule has 0 aliphatic carbocycles. The van der Waals surface area contributed by atoms with Crippen LogP contribution in [0.1, 0.15) is 0 Å².